The van der Waals surface area contributed by atoms with Gasteiger partial charge in [0, 0.05) is 5.56 Å². The molecule has 1 N–H and O–H groups in total. The molecule has 6 heteroatoms. The Bertz CT molecular complexity index is 1240. The van der Waals surface area contributed by atoms with E-state index in [1.807, 2.05) is 18.2 Å². The van der Waals surface area contributed by atoms with Crippen LogP contribution < -0.4 is 0 Å². The van der Waals surface area contributed by atoms with Crippen LogP contribution in [0, 0.1) is 35.1 Å². The van der Waals surface area contributed by atoms with Crippen molar-refractivity contribution >= 4 is 5.97 Å². The molecule has 0 amide bonds. The number of rotatable bonds is 8. The molecule has 0 radical (unpaired) electrons. The van der Waals surface area contributed by atoms with Crippen molar-refractivity contribution in [1.29, 1.82) is 0 Å². The highest BCUT2D eigenvalue weighted by Gasteiger charge is 2.23. The molecule has 3 aromatic rings. The highest BCUT2D eigenvalue weighted by molar-refractivity contribution is 5.94. The average molecular weight is 497 g/mol. The molecule has 0 atom stereocenters. The SMILES string of the molecule is C=CC[C@H]1CC[C@H](CCc2ccc(-c3ccc(C(=O)O)c(F)c3-c3cc(F)c(F)c(F)c3)cc2)CC1. The summed E-state index contributed by atoms with van der Waals surface area (Å²) in [7, 11) is 0. The molecule has 3 aromatic carbocycles. The quantitative estimate of drug-likeness (QED) is 0.193. The van der Waals surface area contributed by atoms with Gasteiger partial charge in [0.1, 0.15) is 5.82 Å². The van der Waals surface area contributed by atoms with Gasteiger partial charge < -0.3 is 5.11 Å². The summed E-state index contributed by atoms with van der Waals surface area (Å²) >= 11 is 0. The third kappa shape index (κ3) is 5.53. The Hall–Kier alpha value is -3.41. The van der Waals surface area contributed by atoms with Gasteiger partial charge in [-0.05, 0) is 84.4 Å². The van der Waals surface area contributed by atoms with Gasteiger partial charge >= 0.3 is 5.97 Å². The van der Waals surface area contributed by atoms with E-state index < -0.39 is 34.8 Å². The molecule has 0 spiro atoms. The van der Waals surface area contributed by atoms with E-state index in [0.29, 0.717) is 23.6 Å². The second kappa shape index (κ2) is 11.1. The van der Waals surface area contributed by atoms with Crippen LogP contribution >= 0.6 is 0 Å². The maximum absolute atomic E-state index is 15.3. The molecule has 36 heavy (non-hydrogen) atoms. The molecular formula is C30H28F4O2. The Balaban J connectivity index is 1.58. The fourth-order valence-corrected chi connectivity index (χ4v) is 5.18. The van der Waals surface area contributed by atoms with Gasteiger partial charge in [0.25, 0.3) is 0 Å². The zero-order valence-electron chi connectivity index (χ0n) is 19.9. The molecule has 2 nitrogen and oxygen atoms in total. The molecule has 1 aliphatic rings. The van der Waals surface area contributed by atoms with Crippen LogP contribution in [-0.2, 0) is 6.42 Å². The van der Waals surface area contributed by atoms with E-state index in [4.69, 9.17) is 0 Å². The summed E-state index contributed by atoms with van der Waals surface area (Å²) in [5, 5.41) is 9.34. The lowest BCUT2D eigenvalue weighted by molar-refractivity contribution is 0.0692. The van der Waals surface area contributed by atoms with Crippen LogP contribution in [0.3, 0.4) is 0 Å². The number of hydrogen-bond acceptors (Lipinski definition) is 1. The van der Waals surface area contributed by atoms with Gasteiger partial charge in [-0.25, -0.2) is 22.4 Å². The second-order valence-electron chi connectivity index (χ2n) is 9.56. The van der Waals surface area contributed by atoms with Crippen LogP contribution in [-0.4, -0.2) is 11.1 Å². The van der Waals surface area contributed by atoms with Crippen LogP contribution in [0.5, 0.6) is 0 Å². The Kier molecular flexibility index (Phi) is 7.92. The van der Waals surface area contributed by atoms with E-state index in [9.17, 15) is 23.1 Å². The first-order valence-electron chi connectivity index (χ1n) is 12.2. The Morgan fingerprint density at radius 3 is 2.06 bits per heavy atom. The zero-order valence-corrected chi connectivity index (χ0v) is 19.9. The smallest absolute Gasteiger partial charge is 0.338 e. The number of allylic oxidation sites excluding steroid dienone is 1. The van der Waals surface area contributed by atoms with Crippen molar-refractivity contribution in [2.75, 3.05) is 0 Å². The molecule has 1 fully saturated rings. The van der Waals surface area contributed by atoms with Crippen molar-refractivity contribution < 1.29 is 27.5 Å². The number of benzene rings is 3. The van der Waals surface area contributed by atoms with Crippen molar-refractivity contribution in [2.24, 2.45) is 11.8 Å². The van der Waals surface area contributed by atoms with Gasteiger partial charge in [-0.1, -0.05) is 49.2 Å². The zero-order chi connectivity index (χ0) is 25.8. The van der Waals surface area contributed by atoms with E-state index in [1.165, 1.54) is 31.7 Å². The summed E-state index contributed by atoms with van der Waals surface area (Å²) in [6.45, 7) is 3.83. The minimum Gasteiger partial charge on any atom is -0.478 e. The minimum atomic E-state index is -1.67. The van der Waals surface area contributed by atoms with Crippen LogP contribution in [0.1, 0.15) is 54.4 Å². The van der Waals surface area contributed by atoms with Crippen molar-refractivity contribution in [3.63, 3.8) is 0 Å². The molecule has 0 bridgehead atoms. The van der Waals surface area contributed by atoms with Crippen LogP contribution in [0.4, 0.5) is 17.6 Å². The van der Waals surface area contributed by atoms with Gasteiger partial charge in [0.15, 0.2) is 17.5 Å². The maximum Gasteiger partial charge on any atom is 0.338 e. The van der Waals surface area contributed by atoms with E-state index in [0.717, 1.165) is 36.8 Å². The molecule has 0 aliphatic heterocycles. The van der Waals surface area contributed by atoms with Crippen LogP contribution in [0.25, 0.3) is 22.3 Å². The van der Waals surface area contributed by atoms with E-state index >= 15 is 4.39 Å². The first-order chi connectivity index (χ1) is 17.3. The summed E-state index contributed by atoms with van der Waals surface area (Å²) < 4.78 is 56.7. The molecule has 1 aliphatic carbocycles. The monoisotopic (exact) mass is 496 g/mol. The molecule has 0 aromatic heterocycles. The first kappa shape index (κ1) is 25.7. The number of hydrogen-bond donors (Lipinski definition) is 1. The minimum absolute atomic E-state index is 0.259. The first-order valence-corrected chi connectivity index (χ1v) is 12.2. The lowest BCUT2D eigenvalue weighted by atomic mass is 9.78. The number of halogens is 4. The standard InChI is InChI=1S/C30H28F4O2/c1-2-3-18-4-6-19(7-5-18)8-9-20-10-12-21(13-11-20)23-14-15-24(30(35)36)28(33)27(23)22-16-25(31)29(34)26(32)17-22/h2,10-19H,1,3-9H2,(H,35,36)/t18-,19-. The highest BCUT2D eigenvalue weighted by atomic mass is 19.2. The normalized spacial score (nSPS) is 17.7. The van der Waals surface area contributed by atoms with Crippen molar-refractivity contribution in [3.05, 3.63) is 95.6 Å². The molecule has 188 valence electrons. The molecular weight excluding hydrogens is 468 g/mol. The van der Waals surface area contributed by atoms with Gasteiger partial charge in [-0.2, -0.15) is 0 Å². The predicted molar refractivity (Wildman–Crippen MR) is 133 cm³/mol. The molecule has 0 unspecified atom stereocenters. The Morgan fingerprint density at radius 1 is 0.861 bits per heavy atom. The van der Waals surface area contributed by atoms with E-state index in [1.54, 1.807) is 12.1 Å². The lowest BCUT2D eigenvalue weighted by Gasteiger charge is -2.27. The van der Waals surface area contributed by atoms with E-state index in [2.05, 4.69) is 6.58 Å². The number of carbonyl (C=O) groups is 1. The largest absolute Gasteiger partial charge is 0.478 e. The van der Waals surface area contributed by atoms with Crippen molar-refractivity contribution in [2.45, 2.75) is 44.9 Å². The van der Waals surface area contributed by atoms with Gasteiger partial charge in [0.2, 0.25) is 0 Å². The molecule has 0 saturated heterocycles. The summed E-state index contributed by atoms with van der Waals surface area (Å²) in [4.78, 5) is 11.5. The number of aromatic carboxylic acids is 1. The third-order valence-electron chi connectivity index (χ3n) is 7.22. The van der Waals surface area contributed by atoms with Crippen LogP contribution in [0.2, 0.25) is 0 Å². The Morgan fingerprint density at radius 2 is 1.47 bits per heavy atom. The summed E-state index contributed by atoms with van der Waals surface area (Å²) in [5.41, 5.74) is 0.720. The van der Waals surface area contributed by atoms with Crippen LogP contribution in [0.15, 0.2) is 61.2 Å². The van der Waals surface area contributed by atoms with Gasteiger partial charge in [0.05, 0.1) is 5.56 Å². The Labute approximate surface area is 208 Å². The predicted octanol–water partition coefficient (Wildman–Crippen LogP) is 8.59. The number of carboxylic acid groups (broad SMARTS) is 1. The number of aryl methyl sites for hydroxylation is 1. The third-order valence-corrected chi connectivity index (χ3v) is 7.22. The van der Waals surface area contributed by atoms with Gasteiger partial charge in [-0.3, -0.25) is 0 Å². The van der Waals surface area contributed by atoms with E-state index in [-0.39, 0.29) is 16.7 Å². The van der Waals surface area contributed by atoms with Crippen molar-refractivity contribution in [3.8, 4) is 22.3 Å². The summed E-state index contributed by atoms with van der Waals surface area (Å²) in [5.74, 6) is -5.84. The average Bonchev–Trinajstić information content (AvgIpc) is 2.86. The highest BCUT2D eigenvalue weighted by Crippen LogP contribution is 2.38. The van der Waals surface area contributed by atoms with Crippen molar-refractivity contribution in [1.82, 2.24) is 0 Å². The fourth-order valence-electron chi connectivity index (χ4n) is 5.18. The molecule has 0 heterocycles. The lowest BCUT2D eigenvalue weighted by Crippen LogP contribution is -2.14. The summed E-state index contributed by atoms with van der Waals surface area (Å²) in [6, 6.07) is 11.3. The topological polar surface area (TPSA) is 37.3 Å². The maximum atomic E-state index is 15.3. The van der Waals surface area contributed by atoms with Gasteiger partial charge in [-0.15, -0.1) is 6.58 Å². The molecule has 4 rings (SSSR count). The fraction of sp³-hybridized carbons (Fsp3) is 0.300. The summed E-state index contributed by atoms with van der Waals surface area (Å²) in [6.07, 6.45) is 10.00. The second-order valence-corrected chi connectivity index (χ2v) is 9.56. The number of carboxylic acids is 1. The molecule has 1 saturated carbocycles.